The molecule has 0 radical (unpaired) electrons. The molecule has 0 heterocycles. The van der Waals surface area contributed by atoms with Crippen molar-refractivity contribution in [3.05, 3.63) is 97.2 Å². The maximum Gasteiger partial charge on any atom is 0.306 e. The summed E-state index contributed by atoms with van der Waals surface area (Å²) in [6, 6.07) is 0. The summed E-state index contributed by atoms with van der Waals surface area (Å²) in [7, 11) is 0. The molecule has 0 aliphatic carbocycles. The Kier molecular flexibility index (Phi) is 59.8. The second-order valence-electron chi connectivity index (χ2n) is 20.9. The molecule has 0 aliphatic heterocycles. The van der Waals surface area contributed by atoms with E-state index in [0.29, 0.717) is 19.3 Å². The predicted octanol–water partition coefficient (Wildman–Crippen LogP) is 21.7. The largest absolute Gasteiger partial charge is 0.462 e. The molecule has 0 aromatic rings. The number of rotatable bonds is 57. The molecule has 0 aromatic heterocycles. The van der Waals surface area contributed by atoms with E-state index < -0.39 is 6.10 Å². The molecule has 0 fully saturated rings. The number of carbonyl (C=O) groups excluding carboxylic acids is 3. The van der Waals surface area contributed by atoms with E-state index in [4.69, 9.17) is 14.2 Å². The highest BCUT2D eigenvalue weighted by molar-refractivity contribution is 5.71. The van der Waals surface area contributed by atoms with E-state index in [1.54, 1.807) is 0 Å². The molecular weight excluding hydrogens is 925 g/mol. The van der Waals surface area contributed by atoms with Gasteiger partial charge in [-0.05, 0) is 103 Å². The first-order chi connectivity index (χ1) is 37.0. The van der Waals surface area contributed by atoms with Crippen LogP contribution in [0.4, 0.5) is 0 Å². The average Bonchev–Trinajstić information content (AvgIpc) is 3.41. The zero-order valence-electron chi connectivity index (χ0n) is 49.3. The number of esters is 3. The minimum Gasteiger partial charge on any atom is -0.462 e. The molecule has 0 aromatic carbocycles. The maximum atomic E-state index is 12.9. The molecule has 0 amide bonds. The van der Waals surface area contributed by atoms with E-state index in [2.05, 4.69) is 118 Å². The van der Waals surface area contributed by atoms with Gasteiger partial charge in [0.2, 0.25) is 0 Å². The molecule has 0 saturated heterocycles. The minimum atomic E-state index is -0.800. The third-order valence-electron chi connectivity index (χ3n) is 13.6. The zero-order chi connectivity index (χ0) is 54.3. The fourth-order valence-electron chi connectivity index (χ4n) is 8.83. The van der Waals surface area contributed by atoms with Crippen molar-refractivity contribution in [3.8, 4) is 0 Å². The van der Waals surface area contributed by atoms with Crippen LogP contribution in [0.5, 0.6) is 0 Å². The molecule has 0 spiro atoms. The quantitative estimate of drug-likeness (QED) is 0.0261. The van der Waals surface area contributed by atoms with Crippen LogP contribution >= 0.6 is 0 Å². The first kappa shape index (κ1) is 71.3. The molecule has 0 saturated carbocycles. The lowest BCUT2D eigenvalue weighted by molar-refractivity contribution is -0.167. The molecule has 75 heavy (non-hydrogen) atoms. The number of carbonyl (C=O) groups is 3. The first-order valence-corrected chi connectivity index (χ1v) is 31.7. The van der Waals surface area contributed by atoms with E-state index in [1.165, 1.54) is 154 Å². The van der Waals surface area contributed by atoms with E-state index in [0.717, 1.165) is 109 Å². The normalized spacial score (nSPS) is 12.7. The van der Waals surface area contributed by atoms with E-state index in [1.807, 2.05) is 0 Å². The number of hydrogen-bond donors (Lipinski definition) is 0. The van der Waals surface area contributed by atoms with Crippen LogP contribution < -0.4 is 0 Å². The highest BCUT2D eigenvalue weighted by atomic mass is 16.6. The van der Waals surface area contributed by atoms with Gasteiger partial charge in [0.05, 0.1) is 0 Å². The van der Waals surface area contributed by atoms with Crippen molar-refractivity contribution >= 4 is 17.9 Å². The number of ether oxygens (including phenoxy) is 3. The molecule has 6 nitrogen and oxygen atoms in total. The summed E-state index contributed by atoms with van der Waals surface area (Å²) in [5.41, 5.74) is 0. The van der Waals surface area contributed by atoms with Gasteiger partial charge in [-0.2, -0.15) is 0 Å². The van der Waals surface area contributed by atoms with Gasteiger partial charge in [-0.1, -0.05) is 279 Å². The van der Waals surface area contributed by atoms with Crippen molar-refractivity contribution in [2.75, 3.05) is 13.2 Å². The van der Waals surface area contributed by atoms with Crippen LogP contribution in [0.15, 0.2) is 97.2 Å². The van der Waals surface area contributed by atoms with Crippen LogP contribution in [-0.2, 0) is 28.6 Å². The summed E-state index contributed by atoms with van der Waals surface area (Å²) < 4.78 is 16.9. The van der Waals surface area contributed by atoms with Gasteiger partial charge in [0, 0.05) is 19.3 Å². The highest BCUT2D eigenvalue weighted by Crippen LogP contribution is 2.16. The molecule has 1 atom stereocenters. The summed E-state index contributed by atoms with van der Waals surface area (Å²) in [5.74, 6) is -0.934. The standard InChI is InChI=1S/C69H118O6/c1-4-7-10-13-16-19-22-25-28-31-33-34-36-38-41-44-47-50-53-56-59-62-68(71)74-65-66(64-73-67(70)61-58-55-52-49-46-43-40-37-30-27-24-21-18-15-12-9-6-3)75-69(72)63-60-57-54-51-48-45-42-39-35-32-29-26-23-20-17-14-11-8-5-2/h7,10,16,18-19,21,25,27-28,30,33-34,38,41,47,50,66H,4-6,8-9,11-15,17,20,22-24,26,29,31-32,35-37,39-40,42-46,48-49,51-65H2,1-3H3/b10-7-,19-16-,21-18-,28-25-,30-27-,34-33-,41-38-,50-47-. The lowest BCUT2D eigenvalue weighted by Crippen LogP contribution is -2.30. The van der Waals surface area contributed by atoms with Crippen LogP contribution in [0.1, 0.15) is 303 Å². The Labute approximate surface area is 464 Å². The van der Waals surface area contributed by atoms with Crippen molar-refractivity contribution in [3.63, 3.8) is 0 Å². The molecule has 6 heteroatoms. The lowest BCUT2D eigenvalue weighted by Gasteiger charge is -2.18. The van der Waals surface area contributed by atoms with Gasteiger partial charge < -0.3 is 14.2 Å². The molecule has 1 unspecified atom stereocenters. The average molecular weight is 1040 g/mol. The fraction of sp³-hybridized carbons (Fsp3) is 0.725. The number of hydrogen-bond acceptors (Lipinski definition) is 6. The monoisotopic (exact) mass is 1040 g/mol. The Morgan fingerprint density at radius 1 is 0.280 bits per heavy atom. The minimum absolute atomic E-state index is 0.0938. The van der Waals surface area contributed by atoms with Crippen molar-refractivity contribution in [2.45, 2.75) is 309 Å². The molecule has 0 bridgehead atoms. The van der Waals surface area contributed by atoms with Crippen molar-refractivity contribution in [1.29, 1.82) is 0 Å². The summed E-state index contributed by atoms with van der Waals surface area (Å²) in [4.78, 5) is 38.3. The highest BCUT2D eigenvalue weighted by Gasteiger charge is 2.19. The van der Waals surface area contributed by atoms with E-state index in [9.17, 15) is 14.4 Å². The third kappa shape index (κ3) is 61.1. The smallest absolute Gasteiger partial charge is 0.306 e. The van der Waals surface area contributed by atoms with Gasteiger partial charge in [-0.25, -0.2) is 0 Å². The molecule has 430 valence electrons. The first-order valence-electron chi connectivity index (χ1n) is 31.7. The Balaban J connectivity index is 4.46. The molecule has 0 aliphatic rings. The van der Waals surface area contributed by atoms with Crippen molar-refractivity contribution < 1.29 is 28.6 Å². The Hall–Kier alpha value is -3.67. The SMILES string of the molecule is CC/C=C\C/C=C\C/C=C\C/C=C\C/C=C\C/C=C\CCCCC(=O)OCC(COC(=O)CCCCCCCCC/C=C\C/C=C\CCCCC)OC(=O)CCCCCCCCCCCCCCCCCCCCC. The number of unbranched alkanes of at least 4 members (excludes halogenated alkanes) is 30. The van der Waals surface area contributed by atoms with Crippen LogP contribution in [0.3, 0.4) is 0 Å². The van der Waals surface area contributed by atoms with Gasteiger partial charge in [-0.15, -0.1) is 0 Å². The van der Waals surface area contributed by atoms with Crippen LogP contribution in [0.2, 0.25) is 0 Å². The zero-order valence-corrected chi connectivity index (χ0v) is 49.3. The van der Waals surface area contributed by atoms with Crippen molar-refractivity contribution in [1.82, 2.24) is 0 Å². The van der Waals surface area contributed by atoms with Gasteiger partial charge in [0.25, 0.3) is 0 Å². The predicted molar refractivity (Wildman–Crippen MR) is 325 cm³/mol. The summed E-state index contributed by atoms with van der Waals surface area (Å²) in [5, 5.41) is 0. The fourth-order valence-corrected chi connectivity index (χ4v) is 8.83. The van der Waals surface area contributed by atoms with Gasteiger partial charge in [-0.3, -0.25) is 14.4 Å². The van der Waals surface area contributed by atoms with Gasteiger partial charge in [0.15, 0.2) is 6.10 Å². The summed E-state index contributed by atoms with van der Waals surface area (Å²) in [6.07, 6.45) is 84.1. The summed E-state index contributed by atoms with van der Waals surface area (Å²) in [6.45, 7) is 6.49. The lowest BCUT2D eigenvalue weighted by atomic mass is 10.0. The van der Waals surface area contributed by atoms with E-state index in [-0.39, 0.29) is 31.1 Å². The van der Waals surface area contributed by atoms with Crippen LogP contribution in [0.25, 0.3) is 0 Å². The Bertz CT molecular complexity index is 1480. The van der Waals surface area contributed by atoms with Crippen LogP contribution in [-0.4, -0.2) is 37.2 Å². The van der Waals surface area contributed by atoms with Gasteiger partial charge >= 0.3 is 17.9 Å². The van der Waals surface area contributed by atoms with Gasteiger partial charge in [0.1, 0.15) is 13.2 Å². The van der Waals surface area contributed by atoms with Crippen molar-refractivity contribution in [2.24, 2.45) is 0 Å². The van der Waals surface area contributed by atoms with Crippen LogP contribution in [0, 0.1) is 0 Å². The Morgan fingerprint density at radius 3 is 0.867 bits per heavy atom. The summed E-state index contributed by atoms with van der Waals surface area (Å²) >= 11 is 0. The Morgan fingerprint density at radius 2 is 0.520 bits per heavy atom. The molecule has 0 rings (SSSR count). The molecule has 0 N–H and O–H groups in total. The third-order valence-corrected chi connectivity index (χ3v) is 13.6. The second-order valence-corrected chi connectivity index (χ2v) is 20.9. The molecular formula is C69H118O6. The van der Waals surface area contributed by atoms with E-state index >= 15 is 0 Å². The maximum absolute atomic E-state index is 12.9. The number of allylic oxidation sites excluding steroid dienone is 16. The topological polar surface area (TPSA) is 78.9 Å². The second kappa shape index (κ2) is 62.9.